The first-order valence-corrected chi connectivity index (χ1v) is 20.7. The van der Waals surface area contributed by atoms with Gasteiger partial charge in [0.2, 0.25) is 0 Å². The molecule has 0 aromatic heterocycles. The van der Waals surface area contributed by atoms with E-state index in [-0.39, 0.29) is 24.7 Å². The van der Waals surface area contributed by atoms with Crippen LogP contribution < -0.4 is 32.3 Å². The number of benzene rings is 6. The van der Waals surface area contributed by atoms with Crippen LogP contribution in [0, 0.1) is 0 Å². The predicted octanol–water partition coefficient (Wildman–Crippen LogP) is 9.85. The van der Waals surface area contributed by atoms with Crippen LogP contribution in [0.25, 0.3) is 0 Å². The Morgan fingerprint density at radius 2 is 0.923 bits per heavy atom. The van der Waals surface area contributed by atoms with Crippen LogP contribution in [0.3, 0.4) is 0 Å². The first kappa shape index (κ1) is 35.5. The molecule has 266 valence electrons. The van der Waals surface area contributed by atoms with E-state index in [0.29, 0.717) is 34.1 Å². The second-order valence-electron chi connectivity index (χ2n) is 11.2. The van der Waals surface area contributed by atoms with Crippen molar-refractivity contribution in [3.8, 4) is 34.5 Å². The summed E-state index contributed by atoms with van der Waals surface area (Å²) >= 11 is 0. The molecule has 1 unspecified atom stereocenters. The molecule has 6 aromatic carbocycles. The summed E-state index contributed by atoms with van der Waals surface area (Å²) in [5.41, 5.74) is 0.889. The molecule has 6 aromatic rings. The molecule has 0 aliphatic carbocycles. The van der Waals surface area contributed by atoms with Crippen LogP contribution in [0.4, 0.5) is 0 Å². The van der Waals surface area contributed by atoms with Gasteiger partial charge < -0.3 is 0 Å². The van der Waals surface area contributed by atoms with Crippen molar-refractivity contribution < 1.29 is 37.7 Å². The molecule has 14 heteroatoms. The summed E-state index contributed by atoms with van der Waals surface area (Å²) in [6.07, 6.45) is 0. The van der Waals surface area contributed by atoms with Gasteiger partial charge in [0.15, 0.2) is 0 Å². The van der Waals surface area contributed by atoms with E-state index >= 15 is 0 Å². The zero-order valence-corrected chi connectivity index (χ0v) is 30.5. The van der Waals surface area contributed by atoms with Gasteiger partial charge in [-0.05, 0) is 0 Å². The van der Waals surface area contributed by atoms with Gasteiger partial charge in [-0.25, -0.2) is 0 Å². The van der Waals surface area contributed by atoms with Crippen molar-refractivity contribution in [1.82, 2.24) is 9.46 Å². The molecule has 0 spiro atoms. The molecular formula is C38H36N3O8P3. The SMILES string of the molecule is OCc1ccccc1ON1P(Oc2ccccc2)(Oc2ccccc2)=NPNP1(Oc1ccccc1)(Oc1ccccc1)Oc1ccccc1CO. The van der Waals surface area contributed by atoms with Gasteiger partial charge >= 0.3 is 304 Å². The Labute approximate surface area is 303 Å². The van der Waals surface area contributed by atoms with Gasteiger partial charge in [0.25, 0.3) is 0 Å². The van der Waals surface area contributed by atoms with Gasteiger partial charge in [-0.3, -0.25) is 0 Å². The summed E-state index contributed by atoms with van der Waals surface area (Å²) < 4.78 is 41.8. The third kappa shape index (κ3) is 7.49. The molecule has 3 N–H and O–H groups in total. The quantitative estimate of drug-likeness (QED) is 0.0926. The zero-order chi connectivity index (χ0) is 35.7. The Morgan fingerprint density at radius 3 is 1.40 bits per heavy atom. The summed E-state index contributed by atoms with van der Waals surface area (Å²) in [4.78, 5) is 10.4. The molecule has 52 heavy (non-hydrogen) atoms. The van der Waals surface area contributed by atoms with E-state index in [1.54, 1.807) is 97.1 Å². The second kappa shape index (κ2) is 15.7. The van der Waals surface area contributed by atoms with Gasteiger partial charge in [-0.1, -0.05) is 0 Å². The van der Waals surface area contributed by atoms with Crippen LogP contribution in [0.5, 0.6) is 34.5 Å². The molecule has 1 atom stereocenters. The number of para-hydroxylation sites is 6. The minimum atomic E-state index is -5.45. The Kier molecular flexibility index (Phi) is 10.7. The molecule has 0 saturated heterocycles. The van der Waals surface area contributed by atoms with Crippen LogP contribution in [-0.4, -0.2) is 14.8 Å². The van der Waals surface area contributed by atoms with E-state index in [0.717, 1.165) is 0 Å². The van der Waals surface area contributed by atoms with E-state index in [4.69, 9.17) is 32.0 Å². The number of nitrogens with one attached hydrogen (secondary N) is 1. The van der Waals surface area contributed by atoms with Crippen LogP contribution in [0.2, 0.25) is 0 Å². The van der Waals surface area contributed by atoms with Crippen molar-refractivity contribution in [2.45, 2.75) is 13.2 Å². The van der Waals surface area contributed by atoms with Gasteiger partial charge in [0.1, 0.15) is 0 Å². The van der Waals surface area contributed by atoms with Crippen molar-refractivity contribution in [2.75, 3.05) is 0 Å². The van der Waals surface area contributed by atoms with Crippen LogP contribution in [-0.2, 0) is 13.2 Å². The molecule has 1 aliphatic heterocycles. The second-order valence-corrected chi connectivity index (χ2v) is 17.8. The van der Waals surface area contributed by atoms with E-state index in [1.807, 2.05) is 72.8 Å². The van der Waals surface area contributed by atoms with Gasteiger partial charge in [-0.2, -0.15) is 0 Å². The Hall–Kier alpha value is -4.95. The average Bonchev–Trinajstić information content (AvgIpc) is 3.18. The van der Waals surface area contributed by atoms with Crippen molar-refractivity contribution >= 4 is 24.1 Å². The summed E-state index contributed by atoms with van der Waals surface area (Å²) in [6.45, 7) is -0.717. The molecule has 1 aliphatic rings. The molecule has 0 bridgehead atoms. The minimum absolute atomic E-state index is 0.228. The van der Waals surface area contributed by atoms with Crippen LogP contribution in [0.1, 0.15) is 11.1 Å². The van der Waals surface area contributed by atoms with E-state index in [2.05, 4.69) is 4.86 Å². The first-order valence-electron chi connectivity index (χ1n) is 16.3. The van der Waals surface area contributed by atoms with Crippen LogP contribution >= 0.6 is 24.1 Å². The fraction of sp³-hybridized carbons (Fsp3) is 0.0526. The van der Waals surface area contributed by atoms with Crippen LogP contribution in [0.15, 0.2) is 174 Å². The standard InChI is InChI=1S/C38H36N3O8P3/c42-29-31-17-13-15-27-37(31)44-41-51(45-33-19-5-1-6-20-33,46-34-21-7-2-8-22-34)39-50-40-52(41,47-35-23-9-3-10-24-35,48-36-25-11-4-12-26-36)49-38-28-16-14-18-32(38)30-43/h1-28,40,42-43,50H,29-30H2. The summed E-state index contributed by atoms with van der Waals surface area (Å²) in [7, 11) is -9.99. The first-order chi connectivity index (χ1) is 25.5. The fourth-order valence-electron chi connectivity index (χ4n) is 5.21. The topological polar surface area (TPSA) is 123 Å². The Morgan fingerprint density at radius 1 is 0.519 bits per heavy atom. The molecule has 11 nitrogen and oxygen atoms in total. The number of nitrogens with zero attached hydrogens (tertiary/aromatic N) is 2. The molecule has 0 saturated carbocycles. The fourth-order valence-corrected chi connectivity index (χ4v) is 14.6. The van der Waals surface area contributed by atoms with E-state index < -0.39 is 24.1 Å². The molecule has 1 heterocycles. The third-order valence-corrected chi connectivity index (χ3v) is 16.2. The molecule has 0 fully saturated rings. The summed E-state index contributed by atoms with van der Waals surface area (Å²) in [6, 6.07) is 50.2. The predicted molar refractivity (Wildman–Crippen MR) is 204 cm³/mol. The Balaban J connectivity index is 1.58. The Bertz CT molecular complexity index is 2050. The molecule has 0 radical (unpaired) electrons. The molecular weight excluding hydrogens is 719 g/mol. The normalized spacial score (nSPS) is 17.0. The number of aliphatic hydroxyl groups excluding tert-OH is 2. The number of aliphatic hydroxyl groups is 2. The zero-order valence-electron chi connectivity index (χ0n) is 27.7. The number of hydrogen-bond donors (Lipinski definition) is 3. The maximum absolute atomic E-state index is 10.6. The maximum atomic E-state index is 10.6. The average molecular weight is 756 g/mol. The van der Waals surface area contributed by atoms with Crippen molar-refractivity contribution in [1.29, 1.82) is 0 Å². The van der Waals surface area contributed by atoms with Crippen molar-refractivity contribution in [3.63, 3.8) is 0 Å². The summed E-state index contributed by atoms with van der Waals surface area (Å²) in [5.74, 6) is 1.98. The number of hydrogen-bond acceptors (Lipinski definition) is 11. The molecule has 0 amide bonds. The van der Waals surface area contributed by atoms with E-state index in [9.17, 15) is 10.2 Å². The van der Waals surface area contributed by atoms with Gasteiger partial charge in [-0.15, -0.1) is 0 Å². The molecule has 7 rings (SSSR count). The van der Waals surface area contributed by atoms with Gasteiger partial charge in [0.05, 0.1) is 0 Å². The van der Waals surface area contributed by atoms with E-state index in [1.165, 1.54) is 4.60 Å². The van der Waals surface area contributed by atoms with Gasteiger partial charge in [0, 0.05) is 0 Å². The number of rotatable bonds is 14. The monoisotopic (exact) mass is 755 g/mol. The third-order valence-electron chi connectivity index (χ3n) is 7.60. The van der Waals surface area contributed by atoms with Crippen molar-refractivity contribution in [3.05, 3.63) is 181 Å². The van der Waals surface area contributed by atoms with Crippen molar-refractivity contribution in [2.24, 2.45) is 4.52 Å². The summed E-state index contributed by atoms with van der Waals surface area (Å²) in [5, 5.41) is 21.1.